The van der Waals surface area contributed by atoms with Gasteiger partial charge in [0.05, 0.1) is 17.8 Å². The van der Waals surface area contributed by atoms with Crippen molar-refractivity contribution < 1.29 is 35.9 Å². The second-order valence-electron chi connectivity index (χ2n) is 6.25. The molecular formula is C17H17F6N3O2. The van der Waals surface area contributed by atoms with Crippen molar-refractivity contribution in [3.05, 3.63) is 47.3 Å². The zero-order valence-electron chi connectivity index (χ0n) is 15.0. The van der Waals surface area contributed by atoms with E-state index in [1.807, 2.05) is 0 Å². The van der Waals surface area contributed by atoms with Gasteiger partial charge in [-0.05, 0) is 38.5 Å². The molecule has 0 saturated heterocycles. The standard InChI is InChI=1S/C17H17F6N3O2/c1-9(2)26-14(16(18,19)20)13(8-24-26)15(27)25-10(3)11-4-6-12(7-5-11)28-17(21,22)23/h4-10H,1-3H3,(H,25,27). The number of carbonyl (C=O) groups is 1. The average molecular weight is 409 g/mol. The minimum atomic E-state index is -4.84. The van der Waals surface area contributed by atoms with Crippen LogP contribution in [0.1, 0.15) is 54.5 Å². The molecule has 2 rings (SSSR count). The van der Waals surface area contributed by atoms with Crippen molar-refractivity contribution in [3.8, 4) is 5.75 Å². The summed E-state index contributed by atoms with van der Waals surface area (Å²) in [4.78, 5) is 12.3. The summed E-state index contributed by atoms with van der Waals surface area (Å²) in [6, 6.07) is 3.25. The molecule has 1 atom stereocenters. The van der Waals surface area contributed by atoms with E-state index in [1.165, 1.54) is 32.9 Å². The molecule has 1 amide bonds. The minimum absolute atomic E-state index is 0.382. The number of hydrogen-bond acceptors (Lipinski definition) is 3. The Hall–Kier alpha value is -2.72. The van der Waals surface area contributed by atoms with Gasteiger partial charge in [0.2, 0.25) is 0 Å². The van der Waals surface area contributed by atoms with Crippen LogP contribution < -0.4 is 10.1 Å². The van der Waals surface area contributed by atoms with Crippen LogP contribution in [-0.4, -0.2) is 22.1 Å². The lowest BCUT2D eigenvalue weighted by molar-refractivity contribution is -0.274. The molecule has 1 unspecified atom stereocenters. The van der Waals surface area contributed by atoms with Crippen molar-refractivity contribution in [3.63, 3.8) is 0 Å². The molecule has 0 aliphatic rings. The Kier molecular flexibility index (Phi) is 5.95. The maximum absolute atomic E-state index is 13.4. The second-order valence-corrected chi connectivity index (χ2v) is 6.25. The predicted octanol–water partition coefficient (Wildman–Crippen LogP) is 4.87. The van der Waals surface area contributed by atoms with Gasteiger partial charge in [-0.25, -0.2) is 0 Å². The molecule has 1 aromatic carbocycles. The van der Waals surface area contributed by atoms with E-state index in [0.717, 1.165) is 18.3 Å². The van der Waals surface area contributed by atoms with Gasteiger partial charge >= 0.3 is 12.5 Å². The fraction of sp³-hybridized carbons (Fsp3) is 0.412. The predicted molar refractivity (Wildman–Crippen MR) is 86.6 cm³/mol. The third-order valence-corrected chi connectivity index (χ3v) is 3.76. The third kappa shape index (κ3) is 5.17. The van der Waals surface area contributed by atoms with Crippen molar-refractivity contribution in [2.45, 2.75) is 45.4 Å². The Bertz CT molecular complexity index is 825. The summed E-state index contributed by atoms with van der Waals surface area (Å²) in [5, 5.41) is 6.03. The third-order valence-electron chi connectivity index (χ3n) is 3.76. The monoisotopic (exact) mass is 409 g/mol. The van der Waals surface area contributed by atoms with Crippen LogP contribution in [0.5, 0.6) is 5.75 Å². The normalized spacial score (nSPS) is 13.5. The van der Waals surface area contributed by atoms with Gasteiger partial charge in [0, 0.05) is 6.04 Å². The summed E-state index contributed by atoms with van der Waals surface area (Å²) in [6.07, 6.45) is -8.79. The van der Waals surface area contributed by atoms with E-state index in [1.54, 1.807) is 0 Å². The molecular weight excluding hydrogens is 392 g/mol. The first kappa shape index (κ1) is 21.6. The zero-order valence-corrected chi connectivity index (χ0v) is 15.0. The van der Waals surface area contributed by atoms with Gasteiger partial charge in [0.15, 0.2) is 5.69 Å². The summed E-state index contributed by atoms with van der Waals surface area (Å²) in [5.74, 6) is -1.45. The number of benzene rings is 1. The number of nitrogens with zero attached hydrogens (tertiary/aromatic N) is 2. The topological polar surface area (TPSA) is 56.2 Å². The van der Waals surface area contributed by atoms with Gasteiger partial charge in [-0.1, -0.05) is 12.1 Å². The van der Waals surface area contributed by atoms with Gasteiger partial charge in [0.1, 0.15) is 5.75 Å². The number of ether oxygens (including phenoxy) is 1. The minimum Gasteiger partial charge on any atom is -0.406 e. The fourth-order valence-corrected chi connectivity index (χ4v) is 2.52. The molecule has 154 valence electrons. The average Bonchev–Trinajstić information content (AvgIpc) is 2.99. The van der Waals surface area contributed by atoms with E-state index in [0.29, 0.717) is 10.2 Å². The van der Waals surface area contributed by atoms with Gasteiger partial charge < -0.3 is 10.1 Å². The van der Waals surface area contributed by atoms with E-state index in [-0.39, 0.29) is 0 Å². The largest absolute Gasteiger partial charge is 0.573 e. The molecule has 1 heterocycles. The summed E-state index contributed by atoms with van der Waals surface area (Å²) in [7, 11) is 0. The maximum atomic E-state index is 13.4. The van der Waals surface area contributed by atoms with Crippen molar-refractivity contribution in [1.29, 1.82) is 0 Å². The number of rotatable bonds is 5. The molecule has 28 heavy (non-hydrogen) atoms. The second kappa shape index (κ2) is 7.72. The highest BCUT2D eigenvalue weighted by Gasteiger charge is 2.40. The molecule has 2 aromatic rings. The van der Waals surface area contributed by atoms with Crippen LogP contribution in [0.25, 0.3) is 0 Å². The van der Waals surface area contributed by atoms with Crippen LogP contribution in [0.3, 0.4) is 0 Å². The van der Waals surface area contributed by atoms with Gasteiger partial charge in [0.25, 0.3) is 5.91 Å². The molecule has 0 bridgehead atoms. The number of alkyl halides is 6. The van der Waals surface area contributed by atoms with Gasteiger partial charge in [-0.2, -0.15) is 18.3 Å². The first-order valence-corrected chi connectivity index (χ1v) is 8.11. The maximum Gasteiger partial charge on any atom is 0.573 e. The smallest absolute Gasteiger partial charge is 0.406 e. The molecule has 0 fully saturated rings. The lowest BCUT2D eigenvalue weighted by Gasteiger charge is -2.17. The summed E-state index contributed by atoms with van der Waals surface area (Å²) < 4.78 is 81.0. The molecule has 1 N–H and O–H groups in total. The first-order valence-electron chi connectivity index (χ1n) is 8.11. The number of hydrogen-bond donors (Lipinski definition) is 1. The van der Waals surface area contributed by atoms with Crippen LogP contribution in [0.4, 0.5) is 26.3 Å². The summed E-state index contributed by atoms with van der Waals surface area (Å²) in [5.41, 5.74) is -1.42. The van der Waals surface area contributed by atoms with Gasteiger partial charge in [-0.15, -0.1) is 13.2 Å². The fourth-order valence-electron chi connectivity index (χ4n) is 2.52. The van der Waals surface area contributed by atoms with E-state index in [9.17, 15) is 31.1 Å². The van der Waals surface area contributed by atoms with E-state index in [4.69, 9.17) is 0 Å². The number of nitrogens with one attached hydrogen (secondary N) is 1. The first-order chi connectivity index (χ1) is 12.8. The lowest BCUT2D eigenvalue weighted by Crippen LogP contribution is -2.29. The van der Waals surface area contributed by atoms with E-state index in [2.05, 4.69) is 15.2 Å². The number of carbonyl (C=O) groups excluding carboxylic acids is 1. The highest BCUT2D eigenvalue weighted by molar-refractivity contribution is 5.95. The number of amides is 1. The Balaban J connectivity index is 2.19. The summed E-state index contributed by atoms with van der Waals surface area (Å²) in [6.45, 7) is 4.48. The van der Waals surface area contributed by atoms with E-state index < -0.39 is 47.5 Å². The SMILES string of the molecule is CC(NC(=O)c1cnn(C(C)C)c1C(F)(F)F)c1ccc(OC(F)(F)F)cc1. The van der Waals surface area contributed by atoms with Crippen LogP contribution in [0, 0.1) is 0 Å². The van der Waals surface area contributed by atoms with Crippen molar-refractivity contribution in [2.75, 3.05) is 0 Å². The Morgan fingerprint density at radius 2 is 1.64 bits per heavy atom. The molecule has 5 nitrogen and oxygen atoms in total. The molecule has 0 saturated carbocycles. The van der Waals surface area contributed by atoms with E-state index >= 15 is 0 Å². The molecule has 0 radical (unpaired) electrons. The van der Waals surface area contributed by atoms with Crippen LogP contribution in [0.2, 0.25) is 0 Å². The number of halogens is 6. The Morgan fingerprint density at radius 3 is 2.11 bits per heavy atom. The molecule has 1 aromatic heterocycles. The molecule has 0 spiro atoms. The van der Waals surface area contributed by atoms with Crippen molar-refractivity contribution >= 4 is 5.91 Å². The quantitative estimate of drug-likeness (QED) is 0.717. The van der Waals surface area contributed by atoms with Crippen molar-refractivity contribution in [2.24, 2.45) is 0 Å². The Labute approximate surface area is 156 Å². The highest BCUT2D eigenvalue weighted by atomic mass is 19.4. The zero-order chi connectivity index (χ0) is 21.3. The molecule has 0 aliphatic heterocycles. The Morgan fingerprint density at radius 1 is 1.07 bits per heavy atom. The highest BCUT2D eigenvalue weighted by Crippen LogP contribution is 2.34. The molecule has 0 aliphatic carbocycles. The lowest BCUT2D eigenvalue weighted by atomic mass is 10.1. The van der Waals surface area contributed by atoms with Gasteiger partial charge in [-0.3, -0.25) is 9.48 Å². The summed E-state index contributed by atoms with van der Waals surface area (Å²) >= 11 is 0. The van der Waals surface area contributed by atoms with Crippen LogP contribution >= 0.6 is 0 Å². The van der Waals surface area contributed by atoms with Crippen LogP contribution in [0.15, 0.2) is 30.5 Å². The molecule has 11 heteroatoms. The van der Waals surface area contributed by atoms with Crippen molar-refractivity contribution in [1.82, 2.24) is 15.1 Å². The number of aromatic nitrogens is 2. The van der Waals surface area contributed by atoms with Crippen LogP contribution in [-0.2, 0) is 6.18 Å².